The largest absolute Gasteiger partial charge is 0.332 e. The predicted molar refractivity (Wildman–Crippen MR) is 60.5 cm³/mol. The average Bonchev–Trinajstić information content (AvgIpc) is 2.33. The summed E-state index contributed by atoms with van der Waals surface area (Å²) in [5.41, 5.74) is -0.376. The maximum absolute atomic E-state index is 13.4. The summed E-state index contributed by atoms with van der Waals surface area (Å²) >= 11 is 0. The smallest absolute Gasteiger partial charge is 0.311 e. The molecule has 92 valence electrons. The van der Waals surface area contributed by atoms with Gasteiger partial charge >= 0.3 is 5.69 Å². The Bertz CT molecular complexity index is 605. The van der Waals surface area contributed by atoms with Crippen LogP contribution in [0.2, 0.25) is 0 Å². The first kappa shape index (κ1) is 11.9. The highest BCUT2D eigenvalue weighted by molar-refractivity contribution is 5.65. The quantitative estimate of drug-likeness (QED) is 0.672. The fourth-order valence-electron chi connectivity index (χ4n) is 1.36. The minimum absolute atomic E-state index is 0.0850. The van der Waals surface area contributed by atoms with Crippen molar-refractivity contribution in [2.45, 2.75) is 0 Å². The summed E-state index contributed by atoms with van der Waals surface area (Å²) in [7, 11) is 0. The number of nitrogens with zero attached hydrogens (tertiary/aromatic N) is 2. The Hall–Kier alpha value is -2.57. The van der Waals surface area contributed by atoms with E-state index in [1.54, 1.807) is 0 Å². The fourth-order valence-corrected chi connectivity index (χ4v) is 1.36. The van der Waals surface area contributed by atoms with Crippen LogP contribution in [0.5, 0.6) is 0 Å². The van der Waals surface area contributed by atoms with E-state index in [0.717, 1.165) is 12.1 Å². The van der Waals surface area contributed by atoms with Crippen molar-refractivity contribution < 1.29 is 13.7 Å². The molecule has 0 fully saturated rings. The summed E-state index contributed by atoms with van der Waals surface area (Å²) in [5, 5.41) is 13.2. The van der Waals surface area contributed by atoms with Crippen LogP contribution in [0.15, 0.2) is 36.5 Å². The first-order valence-electron chi connectivity index (χ1n) is 4.89. The summed E-state index contributed by atoms with van der Waals surface area (Å²) in [5.74, 6) is -1.68. The molecule has 0 saturated heterocycles. The van der Waals surface area contributed by atoms with Crippen molar-refractivity contribution >= 4 is 17.2 Å². The van der Waals surface area contributed by atoms with Gasteiger partial charge in [-0.05, 0) is 18.2 Å². The Morgan fingerprint density at radius 1 is 1.28 bits per heavy atom. The van der Waals surface area contributed by atoms with Gasteiger partial charge < -0.3 is 5.32 Å². The molecule has 0 aliphatic heterocycles. The minimum Gasteiger partial charge on any atom is -0.332 e. The van der Waals surface area contributed by atoms with Gasteiger partial charge in [0, 0.05) is 18.3 Å². The molecule has 18 heavy (non-hydrogen) atoms. The van der Waals surface area contributed by atoms with Crippen molar-refractivity contribution in [3.63, 3.8) is 0 Å². The summed E-state index contributed by atoms with van der Waals surface area (Å²) in [6, 6.07) is 5.49. The number of anilines is 2. The Morgan fingerprint density at radius 3 is 2.72 bits per heavy atom. The number of nitrogens with one attached hydrogen (secondary N) is 1. The van der Waals surface area contributed by atoms with Gasteiger partial charge in [0.2, 0.25) is 5.82 Å². The van der Waals surface area contributed by atoms with Crippen LogP contribution in [-0.4, -0.2) is 9.91 Å². The topological polar surface area (TPSA) is 68.1 Å². The van der Waals surface area contributed by atoms with Crippen LogP contribution in [0.25, 0.3) is 0 Å². The van der Waals surface area contributed by atoms with Crippen molar-refractivity contribution in [1.29, 1.82) is 0 Å². The van der Waals surface area contributed by atoms with Crippen LogP contribution < -0.4 is 5.32 Å². The number of rotatable bonds is 3. The molecule has 0 saturated carbocycles. The van der Waals surface area contributed by atoms with Crippen molar-refractivity contribution in [3.05, 3.63) is 58.3 Å². The molecule has 1 heterocycles. The minimum atomic E-state index is -0.852. The number of pyridine rings is 1. The zero-order valence-electron chi connectivity index (χ0n) is 8.93. The number of nitro groups is 1. The molecule has 7 heteroatoms. The number of hydrogen-bond acceptors (Lipinski definition) is 4. The summed E-state index contributed by atoms with van der Waals surface area (Å²) in [6.45, 7) is 0. The van der Waals surface area contributed by atoms with Crippen molar-refractivity contribution in [2.24, 2.45) is 0 Å². The number of aromatic nitrogens is 1. The first-order valence-corrected chi connectivity index (χ1v) is 4.89. The predicted octanol–water partition coefficient (Wildman–Crippen LogP) is 3.01. The van der Waals surface area contributed by atoms with Gasteiger partial charge in [-0.15, -0.1) is 0 Å². The lowest BCUT2D eigenvalue weighted by atomic mass is 10.3. The van der Waals surface area contributed by atoms with Crippen LogP contribution in [0.1, 0.15) is 0 Å². The van der Waals surface area contributed by atoms with Gasteiger partial charge in [-0.25, -0.2) is 13.8 Å². The van der Waals surface area contributed by atoms with E-state index in [0.29, 0.717) is 6.07 Å². The summed E-state index contributed by atoms with van der Waals surface area (Å²) in [4.78, 5) is 13.8. The molecule has 0 radical (unpaired) electrons. The van der Waals surface area contributed by atoms with Crippen molar-refractivity contribution in [2.75, 3.05) is 5.32 Å². The van der Waals surface area contributed by atoms with Crippen molar-refractivity contribution in [3.8, 4) is 0 Å². The second kappa shape index (κ2) is 4.74. The third-order valence-electron chi connectivity index (χ3n) is 2.17. The summed E-state index contributed by atoms with van der Waals surface area (Å²) in [6.07, 6.45) is 1.33. The van der Waals surface area contributed by atoms with E-state index in [-0.39, 0.29) is 17.2 Å². The zero-order valence-corrected chi connectivity index (χ0v) is 8.93. The van der Waals surface area contributed by atoms with Gasteiger partial charge in [-0.1, -0.05) is 0 Å². The molecule has 5 nitrogen and oxygen atoms in total. The third kappa shape index (κ3) is 2.40. The van der Waals surface area contributed by atoms with Crippen LogP contribution in [0.4, 0.5) is 26.0 Å². The molecule has 0 amide bonds. The van der Waals surface area contributed by atoms with Crippen LogP contribution in [0, 0.1) is 21.7 Å². The molecule has 2 rings (SSSR count). The van der Waals surface area contributed by atoms with Crippen molar-refractivity contribution in [1.82, 2.24) is 4.98 Å². The summed E-state index contributed by atoms with van der Waals surface area (Å²) < 4.78 is 26.1. The van der Waals surface area contributed by atoms with E-state index < -0.39 is 16.6 Å². The molecule has 1 aromatic heterocycles. The van der Waals surface area contributed by atoms with E-state index in [1.807, 2.05) is 0 Å². The fraction of sp³-hybridized carbons (Fsp3) is 0. The SMILES string of the molecule is O=[N+]([O-])c1cccnc1Nc1ccc(F)cc1F. The van der Waals surface area contributed by atoms with Gasteiger partial charge in [0.15, 0.2) is 0 Å². The highest BCUT2D eigenvalue weighted by Gasteiger charge is 2.15. The van der Waals surface area contributed by atoms with Crippen LogP contribution in [0.3, 0.4) is 0 Å². The van der Waals surface area contributed by atoms with Crippen LogP contribution >= 0.6 is 0 Å². The molecule has 0 aliphatic carbocycles. The standard InChI is InChI=1S/C11H7F2N3O2/c12-7-3-4-9(8(13)6-7)15-11-10(16(17)18)2-1-5-14-11/h1-6H,(H,14,15). The second-order valence-electron chi connectivity index (χ2n) is 3.38. The monoisotopic (exact) mass is 251 g/mol. The lowest BCUT2D eigenvalue weighted by molar-refractivity contribution is -0.384. The lowest BCUT2D eigenvalue weighted by Crippen LogP contribution is -2.00. The van der Waals surface area contributed by atoms with E-state index in [2.05, 4.69) is 10.3 Å². The molecular formula is C11H7F2N3O2. The Morgan fingerprint density at radius 2 is 2.06 bits per heavy atom. The van der Waals surface area contributed by atoms with E-state index >= 15 is 0 Å². The van der Waals surface area contributed by atoms with Gasteiger partial charge in [-0.2, -0.15) is 0 Å². The molecule has 1 N–H and O–H groups in total. The lowest BCUT2D eigenvalue weighted by Gasteiger charge is -2.06. The normalized spacial score (nSPS) is 10.1. The first-order chi connectivity index (χ1) is 8.58. The molecule has 0 unspecified atom stereocenters. The molecule has 0 bridgehead atoms. The second-order valence-corrected chi connectivity index (χ2v) is 3.38. The molecular weight excluding hydrogens is 244 g/mol. The highest BCUT2D eigenvalue weighted by Crippen LogP contribution is 2.26. The Balaban J connectivity index is 2.37. The molecule has 0 spiro atoms. The van der Waals surface area contributed by atoms with E-state index in [4.69, 9.17) is 0 Å². The third-order valence-corrected chi connectivity index (χ3v) is 2.17. The van der Waals surface area contributed by atoms with Crippen LogP contribution in [-0.2, 0) is 0 Å². The van der Waals surface area contributed by atoms with Gasteiger partial charge in [0.25, 0.3) is 0 Å². The van der Waals surface area contributed by atoms with E-state index in [9.17, 15) is 18.9 Å². The number of halogens is 2. The Labute approximate surface area is 100 Å². The van der Waals surface area contributed by atoms with E-state index in [1.165, 1.54) is 18.3 Å². The number of benzene rings is 1. The Kier molecular flexibility index (Phi) is 3.13. The highest BCUT2D eigenvalue weighted by atomic mass is 19.1. The maximum Gasteiger partial charge on any atom is 0.311 e. The molecule has 2 aromatic rings. The molecule has 1 aromatic carbocycles. The number of hydrogen-bond donors (Lipinski definition) is 1. The van der Waals surface area contributed by atoms with Gasteiger partial charge in [0.1, 0.15) is 11.6 Å². The zero-order chi connectivity index (χ0) is 13.1. The van der Waals surface area contributed by atoms with Gasteiger partial charge in [-0.3, -0.25) is 10.1 Å². The maximum atomic E-state index is 13.4. The molecule has 0 atom stereocenters. The van der Waals surface area contributed by atoms with Gasteiger partial charge in [0.05, 0.1) is 10.6 Å². The molecule has 0 aliphatic rings. The average molecular weight is 251 g/mol.